The third kappa shape index (κ3) is 7.98. The number of likely N-dealkylation sites (tertiary alicyclic amines) is 2. The number of sulfonamides is 1. The summed E-state index contributed by atoms with van der Waals surface area (Å²) < 4.78 is 39.6. The summed E-state index contributed by atoms with van der Waals surface area (Å²) in [6, 6.07) is 16.5. The van der Waals surface area contributed by atoms with Crippen LogP contribution in [0.2, 0.25) is 0 Å². The number of ether oxygens (including phenoxy) is 2. The van der Waals surface area contributed by atoms with Crippen molar-refractivity contribution in [1.29, 1.82) is 5.26 Å². The van der Waals surface area contributed by atoms with Crippen molar-refractivity contribution in [2.45, 2.75) is 51.7 Å². The van der Waals surface area contributed by atoms with E-state index < -0.39 is 39.3 Å². The Kier molecular flexibility index (Phi) is 11.0. The maximum atomic E-state index is 13.6. The number of hydrogen-bond donors (Lipinski definition) is 2. The quantitative estimate of drug-likeness (QED) is 0.296. The normalized spacial score (nSPS) is 19.6. The first-order valence-electron chi connectivity index (χ1n) is 16.1. The lowest BCUT2D eigenvalue weighted by atomic mass is 9.79. The molecule has 1 atom stereocenters. The van der Waals surface area contributed by atoms with E-state index in [2.05, 4.69) is 6.07 Å². The second-order valence-corrected chi connectivity index (χ2v) is 14.5. The highest BCUT2D eigenvalue weighted by molar-refractivity contribution is 7.89. The molecule has 0 aromatic heterocycles. The minimum atomic E-state index is -3.93. The topological polar surface area (TPSA) is 170 Å². The van der Waals surface area contributed by atoms with Gasteiger partial charge in [-0.25, -0.2) is 23.5 Å². The van der Waals surface area contributed by atoms with E-state index in [0.29, 0.717) is 24.9 Å². The molecule has 2 saturated heterocycles. The fourth-order valence-electron chi connectivity index (χ4n) is 6.66. The van der Waals surface area contributed by atoms with Crippen LogP contribution in [0.1, 0.15) is 54.4 Å². The number of nitrogens with zero attached hydrogens (tertiary/aromatic N) is 4. The Hall–Kier alpha value is -4.45. The van der Waals surface area contributed by atoms with Gasteiger partial charge in [-0.3, -0.25) is 10.0 Å². The Bertz CT molecular complexity index is 1680. The van der Waals surface area contributed by atoms with Crippen LogP contribution in [0, 0.1) is 23.7 Å². The number of nitrogens with one attached hydrogen (secondary N) is 1. The average molecular weight is 680 g/mol. The molecule has 48 heavy (non-hydrogen) atoms. The number of hydrogen-bond acceptors (Lipinski definition) is 9. The first kappa shape index (κ1) is 34.9. The van der Waals surface area contributed by atoms with E-state index in [1.165, 1.54) is 9.21 Å². The molecule has 0 radical (unpaired) electrons. The molecular weight excluding hydrogens is 638 g/mol. The fraction of sp³-hybridized carbons (Fsp3) is 0.471. The summed E-state index contributed by atoms with van der Waals surface area (Å²) in [7, 11) is -3.93. The minimum Gasteiger partial charge on any atom is -0.447 e. The molecule has 0 unspecified atom stereocenters. The van der Waals surface area contributed by atoms with Crippen LogP contribution in [0.25, 0.3) is 5.57 Å². The first-order chi connectivity index (χ1) is 23.0. The van der Waals surface area contributed by atoms with Gasteiger partial charge in [-0.15, -0.1) is 0 Å². The highest BCUT2D eigenvalue weighted by Crippen LogP contribution is 2.36. The molecule has 0 aliphatic carbocycles. The molecule has 3 heterocycles. The van der Waals surface area contributed by atoms with Crippen LogP contribution < -0.4 is 5.48 Å². The number of aryl methyl sites for hydroxylation is 1. The fourth-order valence-corrected chi connectivity index (χ4v) is 8.64. The second-order valence-electron chi connectivity index (χ2n) is 12.5. The van der Waals surface area contributed by atoms with Gasteiger partial charge in [0.2, 0.25) is 10.0 Å². The van der Waals surface area contributed by atoms with Crippen LogP contribution in [0.3, 0.4) is 0 Å². The Labute approximate surface area is 280 Å². The van der Waals surface area contributed by atoms with Gasteiger partial charge in [-0.1, -0.05) is 42.5 Å². The summed E-state index contributed by atoms with van der Waals surface area (Å²) in [5.41, 5.74) is 4.52. The predicted molar refractivity (Wildman–Crippen MR) is 175 cm³/mol. The third-order valence-electron chi connectivity index (χ3n) is 9.50. The predicted octanol–water partition coefficient (Wildman–Crippen LogP) is 3.81. The van der Waals surface area contributed by atoms with Gasteiger partial charge in [0.1, 0.15) is 13.2 Å². The number of carbonyl (C=O) groups excluding carboxylic acids is 3. The maximum absolute atomic E-state index is 13.6. The van der Waals surface area contributed by atoms with Gasteiger partial charge in [0, 0.05) is 32.7 Å². The number of carbonyl (C=O) groups is 3. The second kappa shape index (κ2) is 15.2. The molecule has 2 fully saturated rings. The maximum Gasteiger partial charge on any atom is 0.410 e. The number of hydroxylamine groups is 1. The smallest absolute Gasteiger partial charge is 0.410 e. The molecule has 14 heteroatoms. The minimum absolute atomic E-state index is 0.00839. The van der Waals surface area contributed by atoms with Gasteiger partial charge in [0.05, 0.1) is 28.8 Å². The molecule has 2 aromatic rings. The van der Waals surface area contributed by atoms with Crippen molar-refractivity contribution >= 4 is 33.7 Å². The summed E-state index contributed by atoms with van der Waals surface area (Å²) in [5.74, 6) is -1.33. The zero-order valence-electron chi connectivity index (χ0n) is 27.0. The molecule has 0 spiro atoms. The molecule has 3 aliphatic heterocycles. The van der Waals surface area contributed by atoms with Crippen LogP contribution in [0.15, 0.2) is 54.6 Å². The van der Waals surface area contributed by atoms with E-state index in [-0.39, 0.29) is 58.3 Å². The molecule has 3 aliphatic rings. The molecule has 2 aromatic carbocycles. The van der Waals surface area contributed by atoms with E-state index in [4.69, 9.17) is 14.7 Å². The molecular formula is C34H41N5O8S. The molecule has 5 rings (SSSR count). The number of nitriles is 1. The number of amides is 3. The molecule has 0 bridgehead atoms. The van der Waals surface area contributed by atoms with Crippen molar-refractivity contribution in [3.8, 4) is 6.07 Å². The SMILES string of the molecule is Cc1cc(C#N)ccc1C1=CCN(S(=O)(=O)CC2(C(=O)NO)CCN(C(=O)OC[C@H]3CCCN3C(=O)OCc3ccccc3)CC2)CC1. The average Bonchev–Trinajstić information content (AvgIpc) is 3.58. The summed E-state index contributed by atoms with van der Waals surface area (Å²) in [4.78, 5) is 41.6. The van der Waals surface area contributed by atoms with Crippen molar-refractivity contribution in [3.05, 3.63) is 76.9 Å². The lowest BCUT2D eigenvalue weighted by Gasteiger charge is -2.40. The van der Waals surface area contributed by atoms with Gasteiger partial charge in [-0.05, 0) is 73.4 Å². The van der Waals surface area contributed by atoms with Gasteiger partial charge in [0.15, 0.2) is 0 Å². The van der Waals surface area contributed by atoms with Gasteiger partial charge in [-0.2, -0.15) is 9.57 Å². The molecule has 3 amide bonds. The van der Waals surface area contributed by atoms with Crippen molar-refractivity contribution in [2.75, 3.05) is 45.1 Å². The van der Waals surface area contributed by atoms with Gasteiger partial charge in [0.25, 0.3) is 5.91 Å². The van der Waals surface area contributed by atoms with Crippen molar-refractivity contribution in [1.82, 2.24) is 19.6 Å². The summed E-state index contributed by atoms with van der Waals surface area (Å²) in [6.07, 6.45) is 2.65. The molecule has 0 saturated carbocycles. The molecule has 2 N–H and O–H groups in total. The third-order valence-corrected chi connectivity index (χ3v) is 11.5. The zero-order chi connectivity index (χ0) is 34.3. The summed E-state index contributed by atoms with van der Waals surface area (Å²) in [5, 5.41) is 18.7. The lowest BCUT2D eigenvalue weighted by Crippen LogP contribution is -2.54. The first-order valence-corrected chi connectivity index (χ1v) is 17.7. The van der Waals surface area contributed by atoms with Crippen LogP contribution in [-0.4, -0.2) is 96.9 Å². The van der Waals surface area contributed by atoms with Crippen LogP contribution in [-0.2, 0) is 30.9 Å². The van der Waals surface area contributed by atoms with Gasteiger partial charge >= 0.3 is 12.2 Å². The molecule has 13 nitrogen and oxygen atoms in total. The van der Waals surface area contributed by atoms with E-state index in [1.54, 1.807) is 22.5 Å². The number of piperidine rings is 1. The van der Waals surface area contributed by atoms with Crippen molar-refractivity contribution < 1.29 is 37.5 Å². The van der Waals surface area contributed by atoms with Crippen LogP contribution in [0.4, 0.5) is 9.59 Å². The van der Waals surface area contributed by atoms with Crippen molar-refractivity contribution in [3.63, 3.8) is 0 Å². The van der Waals surface area contributed by atoms with E-state index in [9.17, 15) is 28.0 Å². The van der Waals surface area contributed by atoms with Crippen LogP contribution >= 0.6 is 0 Å². The summed E-state index contributed by atoms with van der Waals surface area (Å²) >= 11 is 0. The van der Waals surface area contributed by atoms with E-state index in [0.717, 1.165) is 28.7 Å². The standard InChI is InChI=1S/C34H41N5O8S/c1-25-20-27(21-35)9-10-30(25)28-11-16-38(17-12-28)48(44,45)24-34(31(40)36-43)13-18-37(19-14-34)32(41)47-23-29-8-5-15-39(29)33(42)46-22-26-6-3-2-4-7-26/h2-4,6-7,9-11,20,29,43H,5,8,12-19,22-24H2,1H3,(H,36,40)/t29-/m1/s1. The van der Waals surface area contributed by atoms with Gasteiger partial charge < -0.3 is 19.3 Å². The Morgan fingerprint density at radius 2 is 1.79 bits per heavy atom. The molecule has 256 valence electrons. The number of rotatable bonds is 9. The zero-order valence-corrected chi connectivity index (χ0v) is 27.8. The lowest BCUT2D eigenvalue weighted by molar-refractivity contribution is -0.141. The summed E-state index contributed by atoms with van der Waals surface area (Å²) in [6.45, 7) is 2.99. The Morgan fingerprint density at radius 1 is 1.04 bits per heavy atom. The van der Waals surface area contributed by atoms with E-state index >= 15 is 0 Å². The highest BCUT2D eigenvalue weighted by atomic mass is 32.2. The van der Waals surface area contributed by atoms with Crippen molar-refractivity contribution in [2.24, 2.45) is 5.41 Å². The Morgan fingerprint density at radius 3 is 2.44 bits per heavy atom. The highest BCUT2D eigenvalue weighted by Gasteiger charge is 2.47. The Balaban J connectivity index is 1.14. The van der Waals surface area contributed by atoms with Crippen LogP contribution in [0.5, 0.6) is 0 Å². The number of benzene rings is 2. The van der Waals surface area contributed by atoms with E-state index in [1.807, 2.05) is 49.4 Å². The largest absolute Gasteiger partial charge is 0.447 e. The monoisotopic (exact) mass is 679 g/mol.